The predicted octanol–water partition coefficient (Wildman–Crippen LogP) is 4.60. The number of hydrogen-bond acceptors (Lipinski definition) is 3. The molecule has 0 saturated heterocycles. The van der Waals surface area contributed by atoms with Crippen molar-refractivity contribution in [2.45, 2.75) is 19.3 Å². The molecule has 0 unspecified atom stereocenters. The van der Waals surface area contributed by atoms with E-state index in [1.165, 1.54) is 0 Å². The lowest BCUT2D eigenvalue weighted by atomic mass is 9.86. The van der Waals surface area contributed by atoms with Gasteiger partial charge in [-0.25, -0.2) is 0 Å². The van der Waals surface area contributed by atoms with E-state index >= 15 is 0 Å². The zero-order valence-corrected chi connectivity index (χ0v) is 16.4. The first-order chi connectivity index (χ1) is 13.9. The number of amides is 2. The van der Waals surface area contributed by atoms with Crippen LogP contribution in [0.4, 0.5) is 11.4 Å². The highest BCUT2D eigenvalue weighted by Crippen LogP contribution is 2.38. The fourth-order valence-electron chi connectivity index (χ4n) is 3.37. The number of carbonyl (C=O) groups is 2. The van der Waals surface area contributed by atoms with Crippen LogP contribution in [0.25, 0.3) is 11.1 Å². The van der Waals surface area contributed by atoms with Gasteiger partial charge in [-0.05, 0) is 60.9 Å². The Kier molecular flexibility index (Phi) is 4.80. The Hall–Kier alpha value is -3.60. The third kappa shape index (κ3) is 3.85. The molecule has 5 heteroatoms. The summed E-state index contributed by atoms with van der Waals surface area (Å²) in [5.41, 5.74) is 3.90. The van der Waals surface area contributed by atoms with E-state index in [1.54, 1.807) is 12.1 Å². The second-order valence-corrected chi connectivity index (χ2v) is 7.57. The van der Waals surface area contributed by atoms with Crippen molar-refractivity contribution >= 4 is 23.2 Å². The molecule has 0 fully saturated rings. The van der Waals surface area contributed by atoms with E-state index in [2.05, 4.69) is 10.6 Å². The van der Waals surface area contributed by atoms with Crippen LogP contribution in [0, 0.1) is 0 Å². The van der Waals surface area contributed by atoms with Crippen LogP contribution in [0.2, 0.25) is 0 Å². The summed E-state index contributed by atoms with van der Waals surface area (Å²) in [5.74, 6) is 0.329. The van der Waals surface area contributed by atoms with Crippen LogP contribution >= 0.6 is 0 Å². The van der Waals surface area contributed by atoms with E-state index in [0.29, 0.717) is 11.4 Å². The molecule has 0 saturated carbocycles. The molecular weight excluding hydrogens is 364 g/mol. The van der Waals surface area contributed by atoms with Crippen molar-refractivity contribution in [2.75, 3.05) is 17.2 Å². The standard InChI is InChI=1S/C24H22N2O3/c1-24(2)20-14-18(10-13-21(20)26-23(24)28)25-22(27)15-29-19-11-8-17(9-12-19)16-6-4-3-5-7-16/h3-14H,15H2,1-2H3,(H,25,27)(H,26,28). The molecule has 4 rings (SSSR count). The topological polar surface area (TPSA) is 67.4 Å². The summed E-state index contributed by atoms with van der Waals surface area (Å²) in [6, 6.07) is 23.1. The van der Waals surface area contributed by atoms with Gasteiger partial charge in [-0.15, -0.1) is 0 Å². The quantitative estimate of drug-likeness (QED) is 0.673. The van der Waals surface area contributed by atoms with E-state index in [0.717, 1.165) is 22.4 Å². The Labute approximate surface area is 169 Å². The van der Waals surface area contributed by atoms with E-state index in [1.807, 2.05) is 74.5 Å². The minimum atomic E-state index is -0.618. The van der Waals surface area contributed by atoms with Gasteiger partial charge >= 0.3 is 0 Å². The third-order valence-electron chi connectivity index (χ3n) is 5.12. The van der Waals surface area contributed by atoms with Crippen molar-refractivity contribution in [2.24, 2.45) is 0 Å². The maximum atomic E-state index is 12.3. The first-order valence-corrected chi connectivity index (χ1v) is 9.47. The van der Waals surface area contributed by atoms with Gasteiger partial charge in [0.05, 0.1) is 5.41 Å². The summed E-state index contributed by atoms with van der Waals surface area (Å²) in [6.45, 7) is 3.63. The van der Waals surface area contributed by atoms with Crippen molar-refractivity contribution in [1.29, 1.82) is 0 Å². The van der Waals surface area contributed by atoms with Crippen LogP contribution in [0.1, 0.15) is 19.4 Å². The van der Waals surface area contributed by atoms with Crippen LogP contribution in [0.5, 0.6) is 5.75 Å². The van der Waals surface area contributed by atoms with Gasteiger partial charge in [0.25, 0.3) is 5.91 Å². The Morgan fingerprint density at radius 2 is 1.66 bits per heavy atom. The van der Waals surface area contributed by atoms with Gasteiger partial charge in [-0.3, -0.25) is 9.59 Å². The van der Waals surface area contributed by atoms with Gasteiger partial charge in [0.1, 0.15) is 5.75 Å². The van der Waals surface area contributed by atoms with Crippen LogP contribution < -0.4 is 15.4 Å². The van der Waals surface area contributed by atoms with E-state index in [-0.39, 0.29) is 18.4 Å². The lowest BCUT2D eigenvalue weighted by molar-refractivity contribution is -0.120. The molecule has 1 aliphatic rings. The van der Waals surface area contributed by atoms with Crippen LogP contribution in [0.3, 0.4) is 0 Å². The highest BCUT2D eigenvalue weighted by atomic mass is 16.5. The molecule has 1 heterocycles. The molecule has 2 amide bonds. The molecule has 5 nitrogen and oxygen atoms in total. The molecule has 3 aromatic rings. The predicted molar refractivity (Wildman–Crippen MR) is 114 cm³/mol. The molecule has 0 aliphatic carbocycles. The molecule has 146 valence electrons. The zero-order chi connectivity index (χ0) is 20.4. The smallest absolute Gasteiger partial charge is 0.262 e. The number of carbonyl (C=O) groups excluding carboxylic acids is 2. The molecule has 0 aromatic heterocycles. The zero-order valence-electron chi connectivity index (χ0n) is 16.4. The number of rotatable bonds is 5. The molecule has 3 aromatic carbocycles. The number of hydrogen-bond donors (Lipinski definition) is 2. The summed E-state index contributed by atoms with van der Waals surface area (Å²) < 4.78 is 5.60. The average Bonchev–Trinajstić information content (AvgIpc) is 2.96. The summed E-state index contributed by atoms with van der Waals surface area (Å²) in [7, 11) is 0. The lowest BCUT2D eigenvalue weighted by Crippen LogP contribution is -2.27. The van der Waals surface area contributed by atoms with Crippen LogP contribution in [-0.2, 0) is 15.0 Å². The van der Waals surface area contributed by atoms with Crippen molar-refractivity contribution < 1.29 is 14.3 Å². The summed E-state index contributed by atoms with van der Waals surface area (Å²) in [6.07, 6.45) is 0. The van der Waals surface area contributed by atoms with E-state index < -0.39 is 5.41 Å². The molecule has 0 spiro atoms. The molecule has 0 atom stereocenters. The van der Waals surface area contributed by atoms with Crippen LogP contribution in [-0.4, -0.2) is 18.4 Å². The molecule has 29 heavy (non-hydrogen) atoms. The van der Waals surface area contributed by atoms with Gasteiger partial charge in [0.15, 0.2) is 6.61 Å². The van der Waals surface area contributed by atoms with Gasteiger partial charge in [0, 0.05) is 11.4 Å². The molecule has 0 bridgehead atoms. The first kappa shape index (κ1) is 18.7. The highest BCUT2D eigenvalue weighted by Gasteiger charge is 2.38. The Morgan fingerprint density at radius 1 is 0.966 bits per heavy atom. The average molecular weight is 386 g/mol. The number of fused-ring (bicyclic) bond motifs is 1. The minimum absolute atomic E-state index is 0.0433. The summed E-state index contributed by atoms with van der Waals surface area (Å²) in [4.78, 5) is 24.3. The minimum Gasteiger partial charge on any atom is -0.484 e. The maximum Gasteiger partial charge on any atom is 0.262 e. The Balaban J connectivity index is 1.36. The maximum absolute atomic E-state index is 12.3. The van der Waals surface area contributed by atoms with Crippen molar-refractivity contribution in [3.8, 4) is 16.9 Å². The van der Waals surface area contributed by atoms with Gasteiger partial charge in [-0.2, -0.15) is 0 Å². The fourth-order valence-corrected chi connectivity index (χ4v) is 3.37. The molecule has 0 radical (unpaired) electrons. The molecular formula is C24H22N2O3. The summed E-state index contributed by atoms with van der Waals surface area (Å²) in [5, 5.41) is 5.68. The number of ether oxygens (including phenoxy) is 1. The Morgan fingerprint density at radius 3 is 2.38 bits per heavy atom. The summed E-state index contributed by atoms with van der Waals surface area (Å²) >= 11 is 0. The number of nitrogens with one attached hydrogen (secondary N) is 2. The van der Waals surface area contributed by atoms with E-state index in [4.69, 9.17) is 4.74 Å². The fraction of sp³-hybridized carbons (Fsp3) is 0.167. The highest BCUT2D eigenvalue weighted by molar-refractivity contribution is 6.06. The third-order valence-corrected chi connectivity index (χ3v) is 5.12. The first-order valence-electron chi connectivity index (χ1n) is 9.47. The van der Waals surface area contributed by atoms with Crippen LogP contribution in [0.15, 0.2) is 72.8 Å². The van der Waals surface area contributed by atoms with Gasteiger partial charge in [0.2, 0.25) is 5.91 Å². The Bertz CT molecular complexity index is 1060. The lowest BCUT2D eigenvalue weighted by Gasteiger charge is -2.16. The largest absolute Gasteiger partial charge is 0.484 e. The second kappa shape index (κ2) is 7.43. The second-order valence-electron chi connectivity index (χ2n) is 7.57. The number of anilines is 2. The van der Waals surface area contributed by atoms with Gasteiger partial charge in [-0.1, -0.05) is 42.5 Å². The van der Waals surface area contributed by atoms with Crippen molar-refractivity contribution in [3.63, 3.8) is 0 Å². The molecule has 1 aliphatic heterocycles. The van der Waals surface area contributed by atoms with Crippen molar-refractivity contribution in [1.82, 2.24) is 0 Å². The molecule has 2 N–H and O–H groups in total. The monoisotopic (exact) mass is 386 g/mol. The van der Waals surface area contributed by atoms with Crippen molar-refractivity contribution in [3.05, 3.63) is 78.4 Å². The normalized spacial score (nSPS) is 14.1. The number of benzene rings is 3. The SMILES string of the molecule is CC1(C)C(=O)Nc2ccc(NC(=O)COc3ccc(-c4ccccc4)cc3)cc21. The van der Waals surface area contributed by atoms with E-state index in [9.17, 15) is 9.59 Å². The van der Waals surface area contributed by atoms with Gasteiger partial charge < -0.3 is 15.4 Å².